The lowest BCUT2D eigenvalue weighted by Crippen LogP contribution is -2.21. The van der Waals surface area contributed by atoms with E-state index in [0.29, 0.717) is 6.42 Å². The molecule has 1 rings (SSSR count). The Morgan fingerprint density at radius 3 is 2.73 bits per heavy atom. The van der Waals surface area contributed by atoms with Crippen LogP contribution in [0.1, 0.15) is 25.8 Å². The van der Waals surface area contributed by atoms with Crippen LogP contribution in [-0.2, 0) is 0 Å². The number of anilines is 2. The summed E-state index contributed by atoms with van der Waals surface area (Å²) in [5.41, 5.74) is 7.48. The Bertz CT molecular complexity index is 326. The van der Waals surface area contributed by atoms with Crippen molar-refractivity contribution in [2.24, 2.45) is 0 Å². The van der Waals surface area contributed by atoms with Crippen LogP contribution in [0.2, 0.25) is 0 Å². The molecule has 0 aliphatic carbocycles. The van der Waals surface area contributed by atoms with Crippen molar-refractivity contribution >= 4 is 11.5 Å². The molecule has 2 atom stereocenters. The number of hydrogen-bond acceptors (Lipinski definition) is 4. The molecule has 4 nitrogen and oxygen atoms in total. The highest BCUT2D eigenvalue weighted by molar-refractivity contribution is 5.53. The van der Waals surface area contributed by atoms with E-state index >= 15 is 0 Å². The molecular formula is C11H19N3O. The summed E-state index contributed by atoms with van der Waals surface area (Å²) in [6.07, 6.45) is 2.12. The van der Waals surface area contributed by atoms with E-state index < -0.39 is 0 Å². The van der Waals surface area contributed by atoms with Crippen LogP contribution >= 0.6 is 0 Å². The second kappa shape index (κ2) is 4.98. The van der Waals surface area contributed by atoms with Gasteiger partial charge < -0.3 is 16.2 Å². The van der Waals surface area contributed by atoms with Crippen LogP contribution in [0.4, 0.5) is 11.5 Å². The van der Waals surface area contributed by atoms with Gasteiger partial charge in [0.2, 0.25) is 0 Å². The molecule has 4 N–H and O–H groups in total. The van der Waals surface area contributed by atoms with Crippen molar-refractivity contribution in [3.05, 3.63) is 17.8 Å². The van der Waals surface area contributed by atoms with E-state index in [4.69, 9.17) is 5.73 Å². The molecule has 0 aliphatic rings. The molecule has 84 valence electrons. The minimum Gasteiger partial charge on any atom is -0.398 e. The number of nitrogens with zero attached hydrogens (tertiary/aromatic N) is 1. The molecule has 0 amide bonds. The topological polar surface area (TPSA) is 71.2 Å². The maximum absolute atomic E-state index is 9.21. The Morgan fingerprint density at radius 1 is 1.53 bits per heavy atom. The fraction of sp³-hybridized carbons (Fsp3) is 0.545. The zero-order valence-electron chi connectivity index (χ0n) is 9.49. The zero-order valence-corrected chi connectivity index (χ0v) is 9.49. The number of rotatable bonds is 4. The van der Waals surface area contributed by atoms with E-state index in [-0.39, 0.29) is 12.1 Å². The normalized spacial score (nSPS) is 14.7. The molecule has 2 unspecified atom stereocenters. The van der Waals surface area contributed by atoms with Crippen molar-refractivity contribution in [3.63, 3.8) is 0 Å². The zero-order chi connectivity index (χ0) is 11.4. The molecule has 0 fully saturated rings. The van der Waals surface area contributed by atoms with E-state index in [1.807, 2.05) is 19.9 Å². The maximum atomic E-state index is 9.21. The summed E-state index contributed by atoms with van der Waals surface area (Å²) in [6, 6.07) is 1.99. The summed E-state index contributed by atoms with van der Waals surface area (Å²) in [5, 5.41) is 12.4. The molecule has 1 heterocycles. The first-order valence-electron chi connectivity index (χ1n) is 5.15. The van der Waals surface area contributed by atoms with Gasteiger partial charge in [-0.1, -0.05) is 0 Å². The van der Waals surface area contributed by atoms with Gasteiger partial charge in [0.25, 0.3) is 0 Å². The highest BCUT2D eigenvalue weighted by atomic mass is 16.3. The third kappa shape index (κ3) is 3.75. The summed E-state index contributed by atoms with van der Waals surface area (Å²) >= 11 is 0. The Balaban J connectivity index is 2.60. The molecule has 1 aromatic rings. The number of nitrogens with one attached hydrogen (secondary N) is 1. The molecule has 0 aliphatic heterocycles. The molecule has 15 heavy (non-hydrogen) atoms. The fourth-order valence-electron chi connectivity index (χ4n) is 1.44. The first kappa shape index (κ1) is 11.8. The lowest BCUT2D eigenvalue weighted by Gasteiger charge is -2.16. The van der Waals surface area contributed by atoms with Gasteiger partial charge in [-0.3, -0.25) is 0 Å². The van der Waals surface area contributed by atoms with Crippen molar-refractivity contribution in [2.75, 3.05) is 11.1 Å². The van der Waals surface area contributed by atoms with Crippen LogP contribution < -0.4 is 11.1 Å². The predicted octanol–water partition coefficient (Wildman–Crippen LogP) is 1.54. The van der Waals surface area contributed by atoms with Gasteiger partial charge in [-0.2, -0.15) is 0 Å². The van der Waals surface area contributed by atoms with Gasteiger partial charge in [0.05, 0.1) is 6.10 Å². The van der Waals surface area contributed by atoms with Crippen molar-refractivity contribution < 1.29 is 5.11 Å². The second-order valence-electron chi connectivity index (χ2n) is 4.06. The van der Waals surface area contributed by atoms with Gasteiger partial charge in [0.15, 0.2) is 0 Å². The number of nitrogen functional groups attached to an aromatic ring is 1. The predicted molar refractivity (Wildman–Crippen MR) is 62.8 cm³/mol. The van der Waals surface area contributed by atoms with E-state index in [1.165, 1.54) is 0 Å². The lowest BCUT2D eigenvalue weighted by molar-refractivity contribution is 0.179. The minimum absolute atomic E-state index is 0.180. The van der Waals surface area contributed by atoms with E-state index in [2.05, 4.69) is 10.3 Å². The standard InChI is InChI=1S/C11H19N3O/c1-7-6-13-11(5-10(7)12)14-8(2)4-9(3)15/h5-6,8-9,15H,4H2,1-3H3,(H3,12,13,14). The van der Waals surface area contributed by atoms with Crippen LogP contribution in [-0.4, -0.2) is 22.2 Å². The monoisotopic (exact) mass is 209 g/mol. The number of aromatic nitrogens is 1. The van der Waals surface area contributed by atoms with Crippen molar-refractivity contribution in [2.45, 2.75) is 39.3 Å². The van der Waals surface area contributed by atoms with Crippen LogP contribution in [0, 0.1) is 6.92 Å². The molecule has 0 saturated heterocycles. The Morgan fingerprint density at radius 2 is 2.20 bits per heavy atom. The average molecular weight is 209 g/mol. The van der Waals surface area contributed by atoms with Crippen LogP contribution in [0.15, 0.2) is 12.3 Å². The van der Waals surface area contributed by atoms with Crippen molar-refractivity contribution in [3.8, 4) is 0 Å². The SMILES string of the molecule is Cc1cnc(NC(C)CC(C)O)cc1N. The third-order valence-electron chi connectivity index (χ3n) is 2.23. The van der Waals surface area contributed by atoms with Gasteiger partial charge >= 0.3 is 0 Å². The van der Waals surface area contributed by atoms with E-state index in [0.717, 1.165) is 17.1 Å². The highest BCUT2D eigenvalue weighted by Gasteiger charge is 2.07. The molecule has 0 bridgehead atoms. The highest BCUT2D eigenvalue weighted by Crippen LogP contribution is 2.15. The number of pyridine rings is 1. The molecule has 0 spiro atoms. The summed E-state index contributed by atoms with van der Waals surface area (Å²) in [7, 11) is 0. The van der Waals surface area contributed by atoms with Gasteiger partial charge in [-0.25, -0.2) is 4.98 Å². The Labute approximate surface area is 90.5 Å². The van der Waals surface area contributed by atoms with E-state index in [9.17, 15) is 5.11 Å². The van der Waals surface area contributed by atoms with Crippen molar-refractivity contribution in [1.29, 1.82) is 0 Å². The van der Waals surface area contributed by atoms with Gasteiger partial charge in [0.1, 0.15) is 5.82 Å². The molecule has 0 aromatic carbocycles. The lowest BCUT2D eigenvalue weighted by atomic mass is 10.1. The third-order valence-corrected chi connectivity index (χ3v) is 2.23. The van der Waals surface area contributed by atoms with Gasteiger partial charge in [-0.05, 0) is 32.8 Å². The number of aliphatic hydroxyl groups excluding tert-OH is 1. The van der Waals surface area contributed by atoms with E-state index in [1.54, 1.807) is 13.1 Å². The quantitative estimate of drug-likeness (QED) is 0.703. The Hall–Kier alpha value is -1.29. The summed E-state index contributed by atoms with van der Waals surface area (Å²) < 4.78 is 0. The molecule has 0 saturated carbocycles. The number of hydrogen-bond donors (Lipinski definition) is 3. The fourth-order valence-corrected chi connectivity index (χ4v) is 1.44. The molecule has 1 aromatic heterocycles. The number of nitrogens with two attached hydrogens (primary N) is 1. The van der Waals surface area contributed by atoms with Gasteiger partial charge in [0, 0.05) is 24.0 Å². The molecule has 4 heteroatoms. The van der Waals surface area contributed by atoms with Crippen LogP contribution in [0.3, 0.4) is 0 Å². The average Bonchev–Trinajstić information content (AvgIpc) is 2.10. The molecular weight excluding hydrogens is 190 g/mol. The molecule has 0 radical (unpaired) electrons. The van der Waals surface area contributed by atoms with Crippen LogP contribution in [0.5, 0.6) is 0 Å². The number of aliphatic hydroxyl groups is 1. The minimum atomic E-state index is -0.310. The summed E-state index contributed by atoms with van der Waals surface area (Å²) in [6.45, 7) is 5.70. The Kier molecular flexibility index (Phi) is 3.91. The van der Waals surface area contributed by atoms with Crippen molar-refractivity contribution in [1.82, 2.24) is 4.98 Å². The van der Waals surface area contributed by atoms with Crippen LogP contribution in [0.25, 0.3) is 0 Å². The number of aryl methyl sites for hydroxylation is 1. The van der Waals surface area contributed by atoms with Gasteiger partial charge in [-0.15, -0.1) is 0 Å². The largest absolute Gasteiger partial charge is 0.398 e. The first-order valence-corrected chi connectivity index (χ1v) is 5.15. The maximum Gasteiger partial charge on any atom is 0.128 e. The summed E-state index contributed by atoms with van der Waals surface area (Å²) in [4.78, 5) is 4.21. The first-order chi connectivity index (χ1) is 6.99. The second-order valence-corrected chi connectivity index (χ2v) is 4.06. The summed E-state index contributed by atoms with van der Waals surface area (Å²) in [5.74, 6) is 0.756. The smallest absolute Gasteiger partial charge is 0.128 e.